The number of aromatic nitrogens is 1. The number of rotatable bonds is 3. The van der Waals surface area contributed by atoms with E-state index in [1.165, 1.54) is 55.3 Å². The lowest BCUT2D eigenvalue weighted by molar-refractivity contribution is 1.18. The summed E-state index contributed by atoms with van der Waals surface area (Å²) >= 11 is 0. The second-order valence-corrected chi connectivity index (χ2v) is 8.28. The smallest absolute Gasteiger partial charge is 0.0547 e. The highest BCUT2D eigenvalue weighted by Gasteiger charge is 2.16. The van der Waals surface area contributed by atoms with Gasteiger partial charge in [-0.3, -0.25) is 0 Å². The minimum absolute atomic E-state index is 1.18. The summed E-state index contributed by atoms with van der Waals surface area (Å²) in [7, 11) is 0. The molecule has 6 aromatic rings. The van der Waals surface area contributed by atoms with Crippen molar-refractivity contribution in [2.24, 2.45) is 0 Å². The molecule has 0 amide bonds. The Morgan fingerprint density at radius 3 is 2.00 bits per heavy atom. The Labute approximate surface area is 188 Å². The van der Waals surface area contributed by atoms with Crippen LogP contribution in [0.3, 0.4) is 0 Å². The zero-order chi connectivity index (χ0) is 21.5. The van der Waals surface area contributed by atoms with Crippen LogP contribution in [0.1, 0.15) is 5.56 Å². The van der Waals surface area contributed by atoms with Crippen LogP contribution in [0.15, 0.2) is 121 Å². The fourth-order valence-corrected chi connectivity index (χ4v) is 4.83. The van der Waals surface area contributed by atoms with Crippen LogP contribution in [0.4, 0.5) is 0 Å². The zero-order valence-electron chi connectivity index (χ0n) is 18.0. The molecule has 1 aromatic heterocycles. The lowest BCUT2D eigenvalue weighted by Gasteiger charge is -2.12. The van der Waals surface area contributed by atoms with E-state index in [-0.39, 0.29) is 0 Å². The number of hydrogen-bond acceptors (Lipinski definition) is 0. The summed E-state index contributed by atoms with van der Waals surface area (Å²) in [5.41, 5.74) is 10.00. The van der Waals surface area contributed by atoms with Gasteiger partial charge in [-0.15, -0.1) is 0 Å². The molecule has 5 aromatic carbocycles. The molecule has 1 heteroatoms. The Morgan fingerprint density at radius 1 is 0.500 bits per heavy atom. The summed E-state index contributed by atoms with van der Waals surface area (Å²) in [5, 5.41) is 2.58. The van der Waals surface area contributed by atoms with Crippen LogP contribution < -0.4 is 0 Å². The van der Waals surface area contributed by atoms with Crippen molar-refractivity contribution in [3.8, 4) is 27.9 Å². The fourth-order valence-electron chi connectivity index (χ4n) is 4.83. The van der Waals surface area contributed by atoms with Crippen LogP contribution in [0, 0.1) is 6.92 Å². The summed E-state index contributed by atoms with van der Waals surface area (Å²) in [5.74, 6) is 0. The first-order chi connectivity index (χ1) is 15.8. The molecule has 0 aliphatic rings. The highest BCUT2D eigenvalue weighted by molar-refractivity contribution is 6.15. The molecule has 0 aliphatic carbocycles. The monoisotopic (exact) mass is 409 g/mol. The SMILES string of the molecule is Cc1ccc(-c2cccc3c2c2ccccc2n3-c2ccccc2)cc1-c1ccccc1. The van der Waals surface area contributed by atoms with Crippen molar-refractivity contribution >= 4 is 21.8 Å². The van der Waals surface area contributed by atoms with Crippen molar-refractivity contribution in [2.75, 3.05) is 0 Å². The molecule has 0 N–H and O–H groups in total. The molecule has 32 heavy (non-hydrogen) atoms. The highest BCUT2D eigenvalue weighted by Crippen LogP contribution is 2.39. The van der Waals surface area contributed by atoms with E-state index in [0.717, 1.165) is 0 Å². The molecular weight excluding hydrogens is 386 g/mol. The lowest BCUT2D eigenvalue weighted by atomic mass is 9.93. The van der Waals surface area contributed by atoms with Crippen LogP contribution in [-0.4, -0.2) is 4.57 Å². The van der Waals surface area contributed by atoms with Gasteiger partial charge in [-0.2, -0.15) is 0 Å². The van der Waals surface area contributed by atoms with E-state index in [4.69, 9.17) is 0 Å². The van der Waals surface area contributed by atoms with Crippen LogP contribution in [0.25, 0.3) is 49.7 Å². The second-order valence-electron chi connectivity index (χ2n) is 8.28. The molecule has 0 saturated heterocycles. The van der Waals surface area contributed by atoms with Crippen molar-refractivity contribution in [3.05, 3.63) is 127 Å². The van der Waals surface area contributed by atoms with Crippen LogP contribution in [-0.2, 0) is 0 Å². The fraction of sp³-hybridized carbons (Fsp3) is 0.0323. The highest BCUT2D eigenvalue weighted by atomic mass is 15.0. The number of nitrogens with zero attached hydrogens (tertiary/aromatic N) is 1. The van der Waals surface area contributed by atoms with Crippen LogP contribution in [0.2, 0.25) is 0 Å². The largest absolute Gasteiger partial charge is 0.309 e. The van der Waals surface area contributed by atoms with Gasteiger partial charge in [0.05, 0.1) is 11.0 Å². The van der Waals surface area contributed by atoms with Crippen molar-refractivity contribution in [2.45, 2.75) is 6.92 Å². The summed E-state index contributed by atoms with van der Waals surface area (Å²) in [6, 6.07) is 43.5. The number of para-hydroxylation sites is 2. The molecule has 0 bridgehead atoms. The molecule has 0 atom stereocenters. The molecule has 0 radical (unpaired) electrons. The van der Waals surface area contributed by atoms with Gasteiger partial charge in [0.25, 0.3) is 0 Å². The standard InChI is InChI=1S/C31H23N/c1-22-19-20-24(21-28(22)23-11-4-2-5-12-23)26-16-10-18-30-31(26)27-15-8-9-17-29(27)32(30)25-13-6-3-7-14-25/h2-21H,1H3. The Morgan fingerprint density at radius 2 is 1.19 bits per heavy atom. The third kappa shape index (κ3) is 2.94. The topological polar surface area (TPSA) is 4.93 Å². The maximum absolute atomic E-state index is 2.38. The maximum atomic E-state index is 2.38. The first-order valence-electron chi connectivity index (χ1n) is 11.1. The summed E-state index contributed by atoms with van der Waals surface area (Å²) in [6.07, 6.45) is 0. The summed E-state index contributed by atoms with van der Waals surface area (Å²) < 4.78 is 2.38. The average Bonchev–Trinajstić information content (AvgIpc) is 3.20. The van der Waals surface area contributed by atoms with Crippen molar-refractivity contribution in [1.82, 2.24) is 4.57 Å². The molecule has 0 aliphatic heterocycles. The molecule has 1 nitrogen and oxygen atoms in total. The molecule has 0 spiro atoms. The normalized spacial score (nSPS) is 11.3. The van der Waals surface area contributed by atoms with Gasteiger partial charge < -0.3 is 4.57 Å². The Balaban J connectivity index is 1.66. The Bertz CT molecular complexity index is 1560. The number of aryl methyl sites for hydroxylation is 1. The quantitative estimate of drug-likeness (QED) is 0.276. The predicted octanol–water partition coefficient (Wildman–Crippen LogP) is 8.43. The van der Waals surface area contributed by atoms with E-state index in [0.29, 0.717) is 0 Å². The van der Waals surface area contributed by atoms with Gasteiger partial charge in [0, 0.05) is 16.5 Å². The number of benzene rings is 5. The lowest BCUT2D eigenvalue weighted by Crippen LogP contribution is -1.93. The van der Waals surface area contributed by atoms with Gasteiger partial charge in [-0.05, 0) is 65.1 Å². The van der Waals surface area contributed by atoms with Gasteiger partial charge in [0.1, 0.15) is 0 Å². The van der Waals surface area contributed by atoms with E-state index in [1.54, 1.807) is 0 Å². The molecule has 6 rings (SSSR count). The third-order valence-electron chi connectivity index (χ3n) is 6.35. The van der Waals surface area contributed by atoms with E-state index in [9.17, 15) is 0 Å². The van der Waals surface area contributed by atoms with E-state index in [2.05, 4.69) is 133 Å². The van der Waals surface area contributed by atoms with E-state index >= 15 is 0 Å². The zero-order valence-corrected chi connectivity index (χ0v) is 18.0. The predicted molar refractivity (Wildman–Crippen MR) is 136 cm³/mol. The minimum Gasteiger partial charge on any atom is -0.309 e. The summed E-state index contributed by atoms with van der Waals surface area (Å²) in [4.78, 5) is 0. The average molecular weight is 410 g/mol. The molecule has 1 heterocycles. The van der Waals surface area contributed by atoms with Crippen LogP contribution in [0.5, 0.6) is 0 Å². The van der Waals surface area contributed by atoms with Gasteiger partial charge in [-0.25, -0.2) is 0 Å². The maximum Gasteiger partial charge on any atom is 0.0547 e. The molecular formula is C31H23N. The Kier molecular flexibility index (Phi) is 4.40. The van der Waals surface area contributed by atoms with Gasteiger partial charge in [-0.1, -0.05) is 91.0 Å². The van der Waals surface area contributed by atoms with Crippen molar-refractivity contribution in [3.63, 3.8) is 0 Å². The van der Waals surface area contributed by atoms with E-state index in [1.807, 2.05) is 0 Å². The minimum atomic E-state index is 1.18. The number of hydrogen-bond donors (Lipinski definition) is 0. The van der Waals surface area contributed by atoms with Crippen LogP contribution >= 0.6 is 0 Å². The number of fused-ring (bicyclic) bond motifs is 3. The molecule has 0 unspecified atom stereocenters. The summed E-state index contributed by atoms with van der Waals surface area (Å²) in [6.45, 7) is 2.19. The van der Waals surface area contributed by atoms with E-state index < -0.39 is 0 Å². The third-order valence-corrected chi connectivity index (χ3v) is 6.35. The van der Waals surface area contributed by atoms with Gasteiger partial charge >= 0.3 is 0 Å². The van der Waals surface area contributed by atoms with Gasteiger partial charge in [0.15, 0.2) is 0 Å². The Hall–Kier alpha value is -4.10. The molecule has 0 saturated carbocycles. The van der Waals surface area contributed by atoms with Crippen molar-refractivity contribution in [1.29, 1.82) is 0 Å². The first kappa shape index (κ1) is 18.7. The first-order valence-corrected chi connectivity index (χ1v) is 11.1. The molecule has 0 fully saturated rings. The van der Waals surface area contributed by atoms with Crippen molar-refractivity contribution < 1.29 is 0 Å². The second kappa shape index (κ2) is 7.55. The molecule has 152 valence electrons. The van der Waals surface area contributed by atoms with Gasteiger partial charge in [0.2, 0.25) is 0 Å².